The number of likely N-dealkylation sites (tertiary alicyclic amines) is 1. The van der Waals surface area contributed by atoms with E-state index in [-0.39, 0.29) is 18.0 Å². The van der Waals surface area contributed by atoms with E-state index in [9.17, 15) is 4.79 Å². The molecule has 0 radical (unpaired) electrons. The van der Waals surface area contributed by atoms with Crippen molar-refractivity contribution in [2.75, 3.05) is 20.3 Å². The van der Waals surface area contributed by atoms with Crippen LogP contribution in [-0.2, 0) is 9.53 Å². The minimum Gasteiger partial charge on any atom is -0.383 e. The van der Waals surface area contributed by atoms with E-state index in [1.807, 2.05) is 4.90 Å². The lowest BCUT2D eigenvalue weighted by molar-refractivity contribution is -0.134. The number of nitrogens with two attached hydrogens (primary N) is 1. The van der Waals surface area contributed by atoms with Crippen molar-refractivity contribution in [3.05, 3.63) is 35.4 Å². The van der Waals surface area contributed by atoms with Crippen LogP contribution in [-0.4, -0.2) is 37.1 Å². The molecular weight excluding hydrogens is 252 g/mol. The number of aryl methyl sites for hydroxylation is 1. The molecule has 0 saturated carbocycles. The van der Waals surface area contributed by atoms with E-state index in [0.717, 1.165) is 18.4 Å². The van der Waals surface area contributed by atoms with Gasteiger partial charge in [-0.1, -0.05) is 29.8 Å². The molecule has 0 spiro atoms. The second-order valence-corrected chi connectivity index (χ2v) is 5.49. The molecule has 1 heterocycles. The molecule has 20 heavy (non-hydrogen) atoms. The molecule has 2 atom stereocenters. The van der Waals surface area contributed by atoms with Gasteiger partial charge in [0.05, 0.1) is 12.6 Å². The molecule has 1 aliphatic heterocycles. The van der Waals surface area contributed by atoms with E-state index in [4.69, 9.17) is 10.5 Å². The number of ether oxygens (including phenoxy) is 1. The minimum atomic E-state index is -0.0410. The van der Waals surface area contributed by atoms with Crippen molar-refractivity contribution in [1.29, 1.82) is 0 Å². The maximum atomic E-state index is 12.3. The monoisotopic (exact) mass is 276 g/mol. The molecule has 1 aromatic carbocycles. The van der Waals surface area contributed by atoms with Crippen molar-refractivity contribution in [3.63, 3.8) is 0 Å². The third-order valence-corrected chi connectivity index (χ3v) is 3.94. The summed E-state index contributed by atoms with van der Waals surface area (Å²) >= 11 is 0. The number of benzene rings is 1. The van der Waals surface area contributed by atoms with Crippen LogP contribution in [0.2, 0.25) is 0 Å². The van der Waals surface area contributed by atoms with Gasteiger partial charge in [0.1, 0.15) is 0 Å². The normalized spacial score (nSPS) is 23.8. The zero-order valence-electron chi connectivity index (χ0n) is 12.3. The van der Waals surface area contributed by atoms with E-state index in [1.165, 1.54) is 5.56 Å². The van der Waals surface area contributed by atoms with Crippen molar-refractivity contribution < 1.29 is 9.53 Å². The first-order valence-electron chi connectivity index (χ1n) is 7.24. The summed E-state index contributed by atoms with van der Waals surface area (Å²) in [6, 6.07) is 8.26. The number of carbonyl (C=O) groups excluding carboxylic acids is 1. The molecule has 1 amide bonds. The molecule has 0 aromatic heterocycles. The molecule has 110 valence electrons. The Bertz CT molecular complexity index is 444. The van der Waals surface area contributed by atoms with E-state index in [0.29, 0.717) is 19.6 Å². The fourth-order valence-electron chi connectivity index (χ4n) is 2.82. The first kappa shape index (κ1) is 15.0. The third kappa shape index (κ3) is 3.38. The van der Waals surface area contributed by atoms with Crippen LogP contribution in [0.3, 0.4) is 0 Å². The van der Waals surface area contributed by atoms with Crippen molar-refractivity contribution in [3.8, 4) is 0 Å². The van der Waals surface area contributed by atoms with Gasteiger partial charge in [-0.05, 0) is 25.3 Å². The van der Waals surface area contributed by atoms with Crippen LogP contribution in [0.25, 0.3) is 0 Å². The predicted molar refractivity (Wildman–Crippen MR) is 79.3 cm³/mol. The van der Waals surface area contributed by atoms with E-state index >= 15 is 0 Å². The SMILES string of the molecule is COCCN1C(=O)CCCC(N)C1c1ccc(C)cc1. The van der Waals surface area contributed by atoms with Crippen LogP contribution in [0.1, 0.15) is 36.4 Å². The van der Waals surface area contributed by atoms with Gasteiger partial charge in [0.2, 0.25) is 5.91 Å². The summed E-state index contributed by atoms with van der Waals surface area (Å²) in [7, 11) is 1.66. The second kappa shape index (κ2) is 6.86. The molecule has 2 N–H and O–H groups in total. The fourth-order valence-corrected chi connectivity index (χ4v) is 2.82. The molecule has 1 fully saturated rings. The van der Waals surface area contributed by atoms with Gasteiger partial charge >= 0.3 is 0 Å². The summed E-state index contributed by atoms with van der Waals surface area (Å²) in [4.78, 5) is 14.2. The van der Waals surface area contributed by atoms with Crippen LogP contribution in [0.15, 0.2) is 24.3 Å². The zero-order valence-corrected chi connectivity index (χ0v) is 12.3. The number of nitrogens with zero attached hydrogens (tertiary/aromatic N) is 1. The maximum Gasteiger partial charge on any atom is 0.223 e. The predicted octanol–water partition coefficient (Wildman–Crippen LogP) is 2.02. The van der Waals surface area contributed by atoms with Gasteiger partial charge in [0.25, 0.3) is 0 Å². The minimum absolute atomic E-state index is 0.0130. The highest BCUT2D eigenvalue weighted by Gasteiger charge is 2.32. The van der Waals surface area contributed by atoms with Gasteiger partial charge in [0, 0.05) is 26.1 Å². The molecule has 0 aliphatic carbocycles. The van der Waals surface area contributed by atoms with Crippen molar-refractivity contribution in [1.82, 2.24) is 4.90 Å². The summed E-state index contributed by atoms with van der Waals surface area (Å²) in [6.45, 7) is 3.20. The lowest BCUT2D eigenvalue weighted by atomic mass is 9.95. The zero-order chi connectivity index (χ0) is 14.5. The van der Waals surface area contributed by atoms with Gasteiger partial charge in [-0.2, -0.15) is 0 Å². The molecule has 1 aromatic rings. The number of amides is 1. The molecule has 4 nitrogen and oxygen atoms in total. The van der Waals surface area contributed by atoms with E-state index in [1.54, 1.807) is 7.11 Å². The summed E-state index contributed by atoms with van der Waals surface area (Å²) in [6.07, 6.45) is 2.33. The standard InChI is InChI=1S/C16H24N2O2/c1-12-6-8-13(9-7-12)16-14(17)4-3-5-15(19)18(16)10-11-20-2/h6-9,14,16H,3-5,10-11,17H2,1-2H3. The van der Waals surface area contributed by atoms with Crippen LogP contribution >= 0.6 is 0 Å². The Morgan fingerprint density at radius 2 is 2.05 bits per heavy atom. The smallest absolute Gasteiger partial charge is 0.223 e. The molecular formula is C16H24N2O2. The Balaban J connectivity index is 2.30. The number of rotatable bonds is 4. The lowest BCUT2D eigenvalue weighted by Crippen LogP contribution is -2.43. The molecule has 4 heteroatoms. The van der Waals surface area contributed by atoms with Gasteiger partial charge in [0.15, 0.2) is 0 Å². The van der Waals surface area contributed by atoms with Crippen molar-refractivity contribution in [2.24, 2.45) is 5.73 Å². The molecule has 2 unspecified atom stereocenters. The Morgan fingerprint density at radius 1 is 1.35 bits per heavy atom. The Kier molecular flexibility index (Phi) is 5.15. The average molecular weight is 276 g/mol. The number of hydrogen-bond acceptors (Lipinski definition) is 3. The number of carbonyl (C=O) groups is 1. The van der Waals surface area contributed by atoms with Crippen LogP contribution in [0.4, 0.5) is 0 Å². The molecule has 0 bridgehead atoms. The second-order valence-electron chi connectivity index (χ2n) is 5.49. The average Bonchev–Trinajstić information content (AvgIpc) is 2.57. The highest BCUT2D eigenvalue weighted by Crippen LogP contribution is 2.30. The Hall–Kier alpha value is -1.39. The highest BCUT2D eigenvalue weighted by atomic mass is 16.5. The van der Waals surface area contributed by atoms with Gasteiger partial charge in [-0.3, -0.25) is 4.79 Å². The van der Waals surface area contributed by atoms with E-state index < -0.39 is 0 Å². The Morgan fingerprint density at radius 3 is 2.70 bits per heavy atom. The first-order chi connectivity index (χ1) is 9.63. The summed E-state index contributed by atoms with van der Waals surface area (Å²) in [5.74, 6) is 0.181. The Labute approximate surface area is 120 Å². The highest BCUT2D eigenvalue weighted by molar-refractivity contribution is 5.77. The summed E-state index contributed by atoms with van der Waals surface area (Å²) in [5, 5.41) is 0. The largest absolute Gasteiger partial charge is 0.383 e. The van der Waals surface area contributed by atoms with Crippen molar-refractivity contribution in [2.45, 2.75) is 38.3 Å². The molecule has 2 rings (SSSR count). The summed E-state index contributed by atoms with van der Waals surface area (Å²) < 4.78 is 5.14. The van der Waals surface area contributed by atoms with Gasteiger partial charge in [-0.25, -0.2) is 0 Å². The molecule has 1 aliphatic rings. The maximum absolute atomic E-state index is 12.3. The quantitative estimate of drug-likeness (QED) is 0.915. The van der Waals surface area contributed by atoms with Crippen LogP contribution in [0.5, 0.6) is 0 Å². The lowest BCUT2D eigenvalue weighted by Gasteiger charge is -2.34. The summed E-state index contributed by atoms with van der Waals surface area (Å²) in [5.41, 5.74) is 8.67. The number of hydrogen-bond donors (Lipinski definition) is 1. The molecule has 1 saturated heterocycles. The van der Waals surface area contributed by atoms with E-state index in [2.05, 4.69) is 31.2 Å². The fraction of sp³-hybridized carbons (Fsp3) is 0.562. The van der Waals surface area contributed by atoms with Gasteiger partial charge < -0.3 is 15.4 Å². The first-order valence-corrected chi connectivity index (χ1v) is 7.24. The van der Waals surface area contributed by atoms with Crippen LogP contribution < -0.4 is 5.73 Å². The third-order valence-electron chi connectivity index (χ3n) is 3.94. The van der Waals surface area contributed by atoms with Crippen molar-refractivity contribution >= 4 is 5.91 Å². The topological polar surface area (TPSA) is 55.6 Å². The van der Waals surface area contributed by atoms with Crippen LogP contribution in [0, 0.1) is 6.92 Å². The van der Waals surface area contributed by atoms with Gasteiger partial charge in [-0.15, -0.1) is 0 Å². The number of methoxy groups -OCH3 is 1.